The predicted molar refractivity (Wildman–Crippen MR) is 96.6 cm³/mol. The number of likely N-dealkylation sites (tertiary alicyclic amines) is 1. The molecule has 0 aliphatic carbocycles. The Balaban J connectivity index is 1.70. The zero-order valence-electron chi connectivity index (χ0n) is 15.8. The number of methoxy groups -OCH3 is 1. The fraction of sp³-hybridized carbons (Fsp3) is 0.579. The van der Waals surface area contributed by atoms with Gasteiger partial charge in [-0.25, -0.2) is 4.39 Å². The molecule has 2 aliphatic heterocycles. The van der Waals surface area contributed by atoms with E-state index in [1.807, 2.05) is 4.90 Å². The van der Waals surface area contributed by atoms with Crippen LogP contribution in [0, 0.1) is 5.82 Å². The Bertz CT molecular complexity index is 729. The number of nitrogens with zero attached hydrogens (tertiary/aromatic N) is 3. The van der Waals surface area contributed by atoms with Crippen LogP contribution in [0.1, 0.15) is 18.4 Å². The van der Waals surface area contributed by atoms with E-state index in [1.54, 1.807) is 18.0 Å². The Morgan fingerprint density at radius 2 is 2.04 bits per heavy atom. The number of piperidine rings is 1. The van der Waals surface area contributed by atoms with Crippen LogP contribution in [0.3, 0.4) is 0 Å². The lowest BCUT2D eigenvalue weighted by atomic mass is 9.90. The molecule has 2 amide bonds. The Labute approximate surface area is 158 Å². The van der Waals surface area contributed by atoms with Gasteiger partial charge in [0.2, 0.25) is 5.91 Å². The smallest absolute Gasteiger partial charge is 0.256 e. The van der Waals surface area contributed by atoms with Gasteiger partial charge in [-0.2, -0.15) is 0 Å². The van der Waals surface area contributed by atoms with Gasteiger partial charge in [-0.1, -0.05) is 0 Å². The van der Waals surface area contributed by atoms with Crippen LogP contribution in [0.15, 0.2) is 18.2 Å². The zero-order valence-corrected chi connectivity index (χ0v) is 15.8. The summed E-state index contributed by atoms with van der Waals surface area (Å²) < 4.78 is 19.3. The fourth-order valence-corrected chi connectivity index (χ4v) is 3.68. The number of piperazine rings is 1. The van der Waals surface area contributed by atoms with E-state index in [4.69, 9.17) is 4.74 Å². The van der Waals surface area contributed by atoms with Gasteiger partial charge in [-0.15, -0.1) is 0 Å². The van der Waals surface area contributed by atoms with Crippen molar-refractivity contribution in [2.75, 3.05) is 46.9 Å². The molecule has 1 aromatic carbocycles. The van der Waals surface area contributed by atoms with E-state index in [0.29, 0.717) is 43.8 Å². The Kier molecular flexibility index (Phi) is 5.67. The predicted octanol–water partition coefficient (Wildman–Crippen LogP) is 0.462. The van der Waals surface area contributed by atoms with Crippen LogP contribution in [0.4, 0.5) is 4.39 Å². The number of carbonyl (C=O) groups excluding carboxylic acids is 2. The molecule has 2 saturated heterocycles. The van der Waals surface area contributed by atoms with E-state index >= 15 is 0 Å². The Hall–Kier alpha value is -2.19. The minimum atomic E-state index is -1.55. The van der Waals surface area contributed by atoms with Crippen molar-refractivity contribution in [3.63, 3.8) is 0 Å². The van der Waals surface area contributed by atoms with E-state index < -0.39 is 17.3 Å². The van der Waals surface area contributed by atoms with Crippen LogP contribution in [-0.4, -0.2) is 84.1 Å². The van der Waals surface area contributed by atoms with Gasteiger partial charge in [0.1, 0.15) is 11.6 Å². The van der Waals surface area contributed by atoms with E-state index in [1.165, 1.54) is 24.1 Å². The first-order valence-corrected chi connectivity index (χ1v) is 9.13. The molecule has 1 N–H and O–H groups in total. The molecule has 2 heterocycles. The van der Waals surface area contributed by atoms with Gasteiger partial charge >= 0.3 is 0 Å². The standard InChI is InChI=1S/C19H26FN3O4/c1-21-8-9-22(12-17(21)24)13-19(26)6-3-7-23(18(19)25)11-14-10-15(27-2)4-5-16(14)20/h4-5,10,26H,3,6-9,11-13H2,1-2H3. The highest BCUT2D eigenvalue weighted by Crippen LogP contribution is 2.27. The molecule has 0 radical (unpaired) electrons. The molecule has 1 unspecified atom stereocenters. The third-order valence-corrected chi connectivity index (χ3v) is 5.34. The summed E-state index contributed by atoms with van der Waals surface area (Å²) in [6.45, 7) is 2.02. The van der Waals surface area contributed by atoms with Gasteiger partial charge in [0.15, 0.2) is 5.60 Å². The number of ether oxygens (including phenoxy) is 1. The van der Waals surface area contributed by atoms with Crippen LogP contribution < -0.4 is 4.74 Å². The van der Waals surface area contributed by atoms with E-state index in [0.717, 1.165) is 0 Å². The van der Waals surface area contributed by atoms with Crippen LogP contribution in [0.5, 0.6) is 5.75 Å². The van der Waals surface area contributed by atoms with Gasteiger partial charge in [-0.3, -0.25) is 14.5 Å². The molecule has 0 aromatic heterocycles. The monoisotopic (exact) mass is 379 g/mol. The van der Waals surface area contributed by atoms with Crippen LogP contribution in [0.25, 0.3) is 0 Å². The second kappa shape index (κ2) is 7.82. The maximum Gasteiger partial charge on any atom is 0.256 e. The summed E-state index contributed by atoms with van der Waals surface area (Å²) in [5, 5.41) is 11.0. The first-order valence-electron chi connectivity index (χ1n) is 9.13. The minimum absolute atomic E-state index is 0.0246. The molecule has 0 bridgehead atoms. The third-order valence-electron chi connectivity index (χ3n) is 5.34. The van der Waals surface area contributed by atoms with Gasteiger partial charge in [-0.05, 0) is 31.0 Å². The first-order chi connectivity index (χ1) is 12.8. The average molecular weight is 379 g/mol. The number of aliphatic hydroxyl groups is 1. The Morgan fingerprint density at radius 1 is 1.26 bits per heavy atom. The van der Waals surface area contributed by atoms with E-state index in [-0.39, 0.29) is 25.5 Å². The number of benzene rings is 1. The molecule has 148 valence electrons. The van der Waals surface area contributed by atoms with Crippen molar-refractivity contribution in [1.82, 2.24) is 14.7 Å². The van der Waals surface area contributed by atoms with Crippen molar-refractivity contribution in [2.24, 2.45) is 0 Å². The third kappa shape index (κ3) is 4.22. The van der Waals surface area contributed by atoms with Crippen LogP contribution in [-0.2, 0) is 16.1 Å². The molecular formula is C19H26FN3O4. The summed E-state index contributed by atoms with van der Waals surface area (Å²) in [5.74, 6) is -0.338. The minimum Gasteiger partial charge on any atom is -0.497 e. The number of halogens is 1. The molecule has 3 rings (SSSR count). The second-order valence-electron chi connectivity index (χ2n) is 7.35. The van der Waals surface area contributed by atoms with Crippen molar-refractivity contribution in [1.29, 1.82) is 0 Å². The molecule has 1 atom stereocenters. The molecule has 0 spiro atoms. The van der Waals surface area contributed by atoms with Gasteiger partial charge in [0.05, 0.1) is 13.7 Å². The van der Waals surface area contributed by atoms with Crippen molar-refractivity contribution >= 4 is 11.8 Å². The number of β-amino-alcohol motifs (C(OH)–C–C–N with tert-alkyl or cyclic N) is 1. The molecule has 27 heavy (non-hydrogen) atoms. The summed E-state index contributed by atoms with van der Waals surface area (Å²) in [4.78, 5) is 29.8. The molecule has 8 heteroatoms. The maximum absolute atomic E-state index is 14.1. The van der Waals surface area contributed by atoms with Crippen molar-refractivity contribution < 1.29 is 23.8 Å². The SMILES string of the molecule is COc1ccc(F)c(CN2CCCC(O)(CN3CCN(C)C(=O)C3)C2=O)c1. The topological polar surface area (TPSA) is 73.3 Å². The molecule has 1 aromatic rings. The highest BCUT2D eigenvalue weighted by atomic mass is 19.1. The van der Waals surface area contributed by atoms with Crippen LogP contribution >= 0.6 is 0 Å². The van der Waals surface area contributed by atoms with Crippen molar-refractivity contribution in [3.8, 4) is 5.75 Å². The van der Waals surface area contributed by atoms with Gasteiger partial charge in [0, 0.05) is 45.3 Å². The maximum atomic E-state index is 14.1. The molecule has 2 aliphatic rings. The lowest BCUT2D eigenvalue weighted by Crippen LogP contribution is -2.61. The highest BCUT2D eigenvalue weighted by molar-refractivity contribution is 5.86. The molecular weight excluding hydrogens is 353 g/mol. The summed E-state index contributed by atoms with van der Waals surface area (Å²) >= 11 is 0. The zero-order chi connectivity index (χ0) is 19.6. The summed E-state index contributed by atoms with van der Waals surface area (Å²) in [7, 11) is 3.24. The van der Waals surface area contributed by atoms with Crippen molar-refractivity contribution in [2.45, 2.75) is 25.0 Å². The lowest BCUT2D eigenvalue weighted by Gasteiger charge is -2.42. The average Bonchev–Trinajstić information content (AvgIpc) is 2.64. The van der Waals surface area contributed by atoms with Crippen LogP contribution in [0.2, 0.25) is 0 Å². The number of hydrogen-bond acceptors (Lipinski definition) is 5. The summed E-state index contributed by atoms with van der Waals surface area (Å²) in [5.41, 5.74) is -1.20. The Morgan fingerprint density at radius 3 is 2.74 bits per heavy atom. The second-order valence-corrected chi connectivity index (χ2v) is 7.35. The van der Waals surface area contributed by atoms with E-state index in [9.17, 15) is 19.1 Å². The highest BCUT2D eigenvalue weighted by Gasteiger charge is 2.44. The number of rotatable bonds is 5. The number of hydrogen-bond donors (Lipinski definition) is 1. The largest absolute Gasteiger partial charge is 0.497 e. The molecule has 7 nitrogen and oxygen atoms in total. The van der Waals surface area contributed by atoms with Crippen molar-refractivity contribution in [3.05, 3.63) is 29.6 Å². The first kappa shape index (κ1) is 19.6. The lowest BCUT2D eigenvalue weighted by molar-refractivity contribution is -0.162. The molecule has 0 saturated carbocycles. The fourth-order valence-electron chi connectivity index (χ4n) is 3.68. The quantitative estimate of drug-likeness (QED) is 0.805. The summed E-state index contributed by atoms with van der Waals surface area (Å²) in [6, 6.07) is 4.40. The van der Waals surface area contributed by atoms with E-state index in [2.05, 4.69) is 0 Å². The van der Waals surface area contributed by atoms with Gasteiger partial charge < -0.3 is 19.6 Å². The van der Waals surface area contributed by atoms with Gasteiger partial charge in [0.25, 0.3) is 5.91 Å². The number of carbonyl (C=O) groups is 2. The summed E-state index contributed by atoms with van der Waals surface area (Å²) in [6.07, 6.45) is 0.957. The number of likely N-dealkylation sites (N-methyl/N-ethyl adjacent to an activating group) is 1. The molecule has 2 fully saturated rings. The normalized spacial score (nSPS) is 24.4. The number of amides is 2.